The number of allylic oxidation sites excluding steroid dienone is 3. The Morgan fingerprint density at radius 2 is 1.96 bits per heavy atom. The highest BCUT2D eigenvalue weighted by molar-refractivity contribution is 6.31. The van der Waals surface area contributed by atoms with Crippen LogP contribution in [0.4, 0.5) is 0 Å². The predicted octanol–water partition coefficient (Wildman–Crippen LogP) is 4.17. The second-order valence-electron chi connectivity index (χ2n) is 7.48. The number of halogens is 1. The summed E-state index contributed by atoms with van der Waals surface area (Å²) in [7, 11) is 0. The summed E-state index contributed by atoms with van der Waals surface area (Å²) in [5.74, 6) is 0.316. The van der Waals surface area contributed by atoms with Crippen LogP contribution >= 0.6 is 11.6 Å². The van der Waals surface area contributed by atoms with Crippen LogP contribution in [0.25, 0.3) is 0 Å². The van der Waals surface area contributed by atoms with Gasteiger partial charge in [0.05, 0.1) is 13.2 Å². The summed E-state index contributed by atoms with van der Waals surface area (Å²) >= 11 is 6.24. The Bertz CT molecular complexity index is 850. The maximum atomic E-state index is 12.8. The number of hydrogen-bond acceptors (Lipinski definition) is 4. The largest absolute Gasteiger partial charge is 0.490 e. The lowest BCUT2D eigenvalue weighted by Gasteiger charge is -2.25. The van der Waals surface area contributed by atoms with Crippen LogP contribution in [0.1, 0.15) is 49.0 Å². The van der Waals surface area contributed by atoms with E-state index in [1.165, 1.54) is 0 Å². The molecule has 1 aromatic rings. The lowest BCUT2D eigenvalue weighted by Crippen LogP contribution is -2.30. The molecule has 150 valence electrons. The van der Waals surface area contributed by atoms with Crippen LogP contribution in [0.15, 0.2) is 34.9 Å². The molecule has 1 fully saturated rings. The lowest BCUT2D eigenvalue weighted by atomic mass is 9.92. The van der Waals surface area contributed by atoms with Gasteiger partial charge in [-0.2, -0.15) is 0 Å². The molecule has 0 bridgehead atoms. The van der Waals surface area contributed by atoms with Crippen LogP contribution in [0.5, 0.6) is 5.75 Å². The molecule has 2 aliphatic rings. The van der Waals surface area contributed by atoms with Gasteiger partial charge in [-0.15, -0.1) is 0 Å². The van der Waals surface area contributed by atoms with E-state index in [9.17, 15) is 9.59 Å². The van der Waals surface area contributed by atoms with Crippen molar-refractivity contribution in [2.24, 2.45) is 0 Å². The first kappa shape index (κ1) is 20.6. The highest BCUT2D eigenvalue weighted by Crippen LogP contribution is 2.29. The lowest BCUT2D eigenvalue weighted by molar-refractivity contribution is -0.111. The van der Waals surface area contributed by atoms with Crippen molar-refractivity contribution in [3.63, 3.8) is 0 Å². The molecule has 1 saturated heterocycles. The molecule has 6 heteroatoms. The van der Waals surface area contributed by atoms with E-state index in [1.807, 2.05) is 20.8 Å². The van der Waals surface area contributed by atoms with Crippen molar-refractivity contribution in [3.05, 3.63) is 51.1 Å². The number of amides is 1. The van der Waals surface area contributed by atoms with Crippen LogP contribution < -0.4 is 10.1 Å². The summed E-state index contributed by atoms with van der Waals surface area (Å²) in [5.41, 5.74) is 3.89. The first-order valence-electron chi connectivity index (χ1n) is 9.58. The van der Waals surface area contributed by atoms with Crippen molar-refractivity contribution in [2.45, 2.75) is 46.1 Å². The van der Waals surface area contributed by atoms with Gasteiger partial charge in [0.15, 0.2) is 5.78 Å². The Morgan fingerprint density at radius 3 is 2.64 bits per heavy atom. The molecule has 0 radical (unpaired) electrons. The molecular formula is C22H26ClNO4. The number of carbonyl (C=O) groups is 2. The highest BCUT2D eigenvalue weighted by Gasteiger charge is 2.21. The minimum Gasteiger partial charge on any atom is -0.490 e. The molecule has 5 nitrogen and oxygen atoms in total. The van der Waals surface area contributed by atoms with Gasteiger partial charge in [-0.05, 0) is 45.4 Å². The third-order valence-corrected chi connectivity index (χ3v) is 5.41. The molecule has 0 spiro atoms. The molecule has 3 rings (SSSR count). The Balaban J connectivity index is 1.73. The van der Waals surface area contributed by atoms with E-state index in [0.29, 0.717) is 35.1 Å². The maximum absolute atomic E-state index is 12.8. The zero-order valence-corrected chi connectivity index (χ0v) is 17.3. The number of hydrogen-bond donors (Lipinski definition) is 1. The van der Waals surface area contributed by atoms with Crippen LogP contribution in [0.3, 0.4) is 0 Å². The standard InChI is InChI=1S/C22H26ClNO4/c1-13-8-14(2)19(20(25)9-13)12-24-22(26)18-10-16(23)11-21(15(18)3)28-17-4-6-27-7-5-17/h9-11,17H,4-8,12H2,1-3H3,(H,24,26). The summed E-state index contributed by atoms with van der Waals surface area (Å²) in [5, 5.41) is 3.31. The van der Waals surface area contributed by atoms with E-state index in [-0.39, 0.29) is 24.3 Å². The van der Waals surface area contributed by atoms with E-state index in [1.54, 1.807) is 18.2 Å². The third-order valence-electron chi connectivity index (χ3n) is 5.19. The zero-order valence-electron chi connectivity index (χ0n) is 16.6. The van der Waals surface area contributed by atoms with E-state index in [0.717, 1.165) is 36.0 Å². The Morgan fingerprint density at radius 1 is 1.25 bits per heavy atom. The minimum atomic E-state index is -0.267. The van der Waals surface area contributed by atoms with Gasteiger partial charge in [-0.25, -0.2) is 0 Å². The highest BCUT2D eigenvalue weighted by atomic mass is 35.5. The molecule has 0 atom stereocenters. The average molecular weight is 404 g/mol. The van der Waals surface area contributed by atoms with E-state index < -0.39 is 0 Å². The number of rotatable bonds is 5. The Kier molecular flexibility index (Phi) is 6.57. The number of carbonyl (C=O) groups excluding carboxylic acids is 2. The van der Waals surface area contributed by atoms with Gasteiger partial charge in [-0.3, -0.25) is 9.59 Å². The topological polar surface area (TPSA) is 64.6 Å². The zero-order chi connectivity index (χ0) is 20.3. The first-order valence-corrected chi connectivity index (χ1v) is 9.96. The molecule has 0 saturated carbocycles. The Labute approximate surface area is 170 Å². The fourth-order valence-electron chi connectivity index (χ4n) is 3.58. The van der Waals surface area contributed by atoms with Gasteiger partial charge >= 0.3 is 0 Å². The smallest absolute Gasteiger partial charge is 0.252 e. The minimum absolute atomic E-state index is 0.0343. The van der Waals surface area contributed by atoms with Gasteiger partial charge in [0.2, 0.25) is 0 Å². The van der Waals surface area contributed by atoms with Crippen LogP contribution in [-0.4, -0.2) is 37.6 Å². The summed E-state index contributed by atoms with van der Waals surface area (Å²) in [6, 6.07) is 3.38. The van der Waals surface area contributed by atoms with Gasteiger partial charge < -0.3 is 14.8 Å². The molecule has 1 N–H and O–H groups in total. The SMILES string of the molecule is CC1=CC(=O)C(CNC(=O)c2cc(Cl)cc(OC3CCOCC3)c2C)=C(C)C1. The monoisotopic (exact) mass is 403 g/mol. The first-order chi connectivity index (χ1) is 13.3. The number of ketones is 1. The van der Waals surface area contributed by atoms with Crippen LogP contribution in [-0.2, 0) is 9.53 Å². The summed E-state index contributed by atoms with van der Waals surface area (Å²) < 4.78 is 11.4. The number of benzene rings is 1. The second-order valence-corrected chi connectivity index (χ2v) is 7.92. The molecule has 28 heavy (non-hydrogen) atoms. The number of ether oxygens (including phenoxy) is 2. The molecule has 1 aliphatic carbocycles. The van der Waals surface area contributed by atoms with Gasteiger partial charge in [-0.1, -0.05) is 22.7 Å². The fraction of sp³-hybridized carbons (Fsp3) is 0.455. The van der Waals surface area contributed by atoms with Gasteiger partial charge in [0, 0.05) is 41.1 Å². The molecule has 1 aromatic carbocycles. The van der Waals surface area contributed by atoms with Crippen molar-refractivity contribution in [2.75, 3.05) is 19.8 Å². The van der Waals surface area contributed by atoms with Gasteiger partial charge in [0.25, 0.3) is 5.91 Å². The summed E-state index contributed by atoms with van der Waals surface area (Å²) in [6.45, 7) is 7.27. The van der Waals surface area contributed by atoms with Crippen LogP contribution in [0.2, 0.25) is 5.02 Å². The van der Waals surface area contributed by atoms with Crippen LogP contribution in [0, 0.1) is 6.92 Å². The van der Waals surface area contributed by atoms with E-state index in [4.69, 9.17) is 21.1 Å². The number of nitrogens with one attached hydrogen (secondary N) is 1. The Hall–Kier alpha value is -2.11. The maximum Gasteiger partial charge on any atom is 0.252 e. The van der Waals surface area contributed by atoms with E-state index >= 15 is 0 Å². The predicted molar refractivity (Wildman–Crippen MR) is 109 cm³/mol. The molecule has 0 unspecified atom stereocenters. The third kappa shape index (κ3) is 4.83. The van der Waals surface area contributed by atoms with Crippen molar-refractivity contribution in [1.29, 1.82) is 0 Å². The molecule has 1 aliphatic heterocycles. The molecule has 1 heterocycles. The molecule has 0 aromatic heterocycles. The normalized spacial score (nSPS) is 18.1. The van der Waals surface area contributed by atoms with Crippen molar-refractivity contribution in [1.82, 2.24) is 5.32 Å². The van der Waals surface area contributed by atoms with Crippen molar-refractivity contribution in [3.8, 4) is 5.75 Å². The summed E-state index contributed by atoms with van der Waals surface area (Å²) in [6.07, 6.45) is 4.09. The van der Waals surface area contributed by atoms with Crippen molar-refractivity contribution < 1.29 is 19.1 Å². The molecular weight excluding hydrogens is 378 g/mol. The average Bonchev–Trinajstić information content (AvgIpc) is 2.64. The fourth-order valence-corrected chi connectivity index (χ4v) is 3.79. The second kappa shape index (κ2) is 8.93. The van der Waals surface area contributed by atoms with E-state index in [2.05, 4.69) is 5.32 Å². The van der Waals surface area contributed by atoms with Crippen molar-refractivity contribution >= 4 is 23.3 Å². The summed E-state index contributed by atoms with van der Waals surface area (Å²) in [4.78, 5) is 25.0. The van der Waals surface area contributed by atoms with Gasteiger partial charge in [0.1, 0.15) is 11.9 Å². The quantitative estimate of drug-likeness (QED) is 0.801. The molecule has 1 amide bonds.